The number of aryl methyl sites for hydroxylation is 2. The van der Waals surface area contributed by atoms with Crippen LogP contribution in [0.3, 0.4) is 0 Å². The van der Waals surface area contributed by atoms with Crippen molar-refractivity contribution in [3.8, 4) is 0 Å². The van der Waals surface area contributed by atoms with Crippen molar-refractivity contribution in [2.45, 2.75) is 26.9 Å². The predicted octanol–water partition coefficient (Wildman–Crippen LogP) is 4.29. The summed E-state index contributed by atoms with van der Waals surface area (Å²) < 4.78 is 0. The first kappa shape index (κ1) is 18.9. The van der Waals surface area contributed by atoms with Gasteiger partial charge in [-0.25, -0.2) is 9.97 Å². The van der Waals surface area contributed by atoms with Crippen molar-refractivity contribution in [2.75, 3.05) is 5.32 Å². The maximum Gasteiger partial charge on any atom is 0.270 e. The lowest BCUT2D eigenvalue weighted by Gasteiger charge is -2.10. The molecule has 2 aromatic carbocycles. The van der Waals surface area contributed by atoms with Crippen LogP contribution in [-0.2, 0) is 13.1 Å². The first-order valence-electron chi connectivity index (χ1n) is 8.68. The first-order valence-corrected chi connectivity index (χ1v) is 9.06. The van der Waals surface area contributed by atoms with E-state index < -0.39 is 0 Å². The molecule has 0 atom stereocenters. The zero-order valence-electron chi connectivity index (χ0n) is 15.3. The van der Waals surface area contributed by atoms with E-state index in [4.69, 9.17) is 11.6 Å². The molecule has 27 heavy (non-hydrogen) atoms. The Labute approximate surface area is 163 Å². The van der Waals surface area contributed by atoms with Crippen molar-refractivity contribution in [3.63, 3.8) is 0 Å². The summed E-state index contributed by atoms with van der Waals surface area (Å²) in [6.45, 7) is 4.79. The number of hydrogen-bond acceptors (Lipinski definition) is 4. The summed E-state index contributed by atoms with van der Waals surface area (Å²) in [7, 11) is 0. The van der Waals surface area contributed by atoms with Gasteiger partial charge in [0.05, 0.1) is 0 Å². The normalized spacial score (nSPS) is 10.5. The van der Waals surface area contributed by atoms with Gasteiger partial charge in [-0.3, -0.25) is 4.79 Å². The van der Waals surface area contributed by atoms with Gasteiger partial charge in [-0.05, 0) is 37.1 Å². The molecule has 3 aromatic rings. The molecule has 0 saturated heterocycles. The van der Waals surface area contributed by atoms with Gasteiger partial charge in [0.15, 0.2) is 0 Å². The zero-order chi connectivity index (χ0) is 19.2. The Kier molecular flexibility index (Phi) is 6.04. The molecule has 0 unspecified atom stereocenters. The summed E-state index contributed by atoms with van der Waals surface area (Å²) in [4.78, 5) is 21.1. The molecule has 0 radical (unpaired) electrons. The van der Waals surface area contributed by atoms with Crippen molar-refractivity contribution in [1.82, 2.24) is 15.3 Å². The lowest BCUT2D eigenvalue weighted by atomic mass is 10.1. The molecule has 0 saturated carbocycles. The van der Waals surface area contributed by atoms with Crippen LogP contribution in [0.2, 0.25) is 5.02 Å². The van der Waals surface area contributed by atoms with Crippen molar-refractivity contribution in [2.24, 2.45) is 0 Å². The quantitative estimate of drug-likeness (QED) is 0.669. The van der Waals surface area contributed by atoms with Crippen molar-refractivity contribution in [1.29, 1.82) is 0 Å². The van der Waals surface area contributed by atoms with E-state index in [9.17, 15) is 4.79 Å². The average molecular weight is 381 g/mol. The number of benzene rings is 2. The van der Waals surface area contributed by atoms with E-state index in [1.165, 1.54) is 5.56 Å². The van der Waals surface area contributed by atoms with Crippen LogP contribution in [0.15, 0.2) is 54.6 Å². The van der Waals surface area contributed by atoms with Gasteiger partial charge in [0.25, 0.3) is 5.91 Å². The second kappa shape index (κ2) is 8.64. The summed E-state index contributed by atoms with van der Waals surface area (Å²) in [5.74, 6) is 0.164. The lowest BCUT2D eigenvalue weighted by molar-refractivity contribution is 0.0945. The number of nitrogens with one attached hydrogen (secondary N) is 2. The first-order chi connectivity index (χ1) is 13.0. The summed E-state index contributed by atoms with van der Waals surface area (Å²) >= 11 is 6.17. The van der Waals surface area contributed by atoms with E-state index in [-0.39, 0.29) is 5.91 Å². The lowest BCUT2D eigenvalue weighted by Crippen LogP contribution is -2.24. The highest BCUT2D eigenvalue weighted by atomic mass is 35.5. The Morgan fingerprint density at radius 3 is 2.48 bits per heavy atom. The number of aromatic nitrogens is 2. The minimum Gasteiger partial charge on any atom is -0.350 e. The van der Waals surface area contributed by atoms with Gasteiger partial charge < -0.3 is 10.6 Å². The molecule has 6 heteroatoms. The van der Waals surface area contributed by atoms with E-state index in [0.29, 0.717) is 35.4 Å². The Morgan fingerprint density at radius 1 is 1.00 bits per heavy atom. The predicted molar refractivity (Wildman–Crippen MR) is 108 cm³/mol. The van der Waals surface area contributed by atoms with Crippen LogP contribution in [0.5, 0.6) is 0 Å². The molecule has 0 aliphatic heterocycles. The molecule has 0 bridgehead atoms. The second-order valence-corrected chi connectivity index (χ2v) is 6.74. The number of rotatable bonds is 6. The Hall–Kier alpha value is -2.92. The Morgan fingerprint density at radius 2 is 1.74 bits per heavy atom. The number of anilines is 1. The van der Waals surface area contributed by atoms with E-state index in [0.717, 1.165) is 11.1 Å². The van der Waals surface area contributed by atoms with Crippen LogP contribution in [0, 0.1) is 13.8 Å². The average Bonchev–Trinajstić information content (AvgIpc) is 2.66. The monoisotopic (exact) mass is 380 g/mol. The number of carbonyl (C=O) groups excluding carboxylic acids is 1. The molecule has 1 heterocycles. The van der Waals surface area contributed by atoms with Gasteiger partial charge in [-0.2, -0.15) is 0 Å². The summed E-state index contributed by atoms with van der Waals surface area (Å²) in [5, 5.41) is 6.70. The van der Waals surface area contributed by atoms with Crippen LogP contribution in [0.25, 0.3) is 0 Å². The molecule has 5 nitrogen and oxygen atoms in total. The third-order valence-corrected chi connectivity index (χ3v) is 4.42. The van der Waals surface area contributed by atoms with Gasteiger partial charge >= 0.3 is 0 Å². The van der Waals surface area contributed by atoms with Crippen molar-refractivity contribution < 1.29 is 4.79 Å². The molecule has 2 N–H and O–H groups in total. The SMILES string of the molecule is Cc1ccc(CNC(=O)c2cc(C)nc(NCc3ccccc3Cl)n2)cc1. The van der Waals surface area contributed by atoms with E-state index in [2.05, 4.69) is 20.6 Å². The van der Waals surface area contributed by atoms with Crippen LogP contribution in [-0.4, -0.2) is 15.9 Å². The maximum absolute atomic E-state index is 12.5. The summed E-state index contributed by atoms with van der Waals surface area (Å²) in [6, 6.07) is 17.3. The molecule has 3 rings (SSSR count). The zero-order valence-corrected chi connectivity index (χ0v) is 16.0. The van der Waals surface area contributed by atoms with Crippen LogP contribution in [0.4, 0.5) is 5.95 Å². The van der Waals surface area contributed by atoms with Crippen LogP contribution >= 0.6 is 11.6 Å². The number of amides is 1. The summed E-state index contributed by atoms with van der Waals surface area (Å²) in [5.41, 5.74) is 4.21. The fraction of sp³-hybridized carbons (Fsp3) is 0.190. The molecule has 1 aromatic heterocycles. The molecule has 0 aliphatic rings. The number of nitrogens with zero attached hydrogens (tertiary/aromatic N) is 2. The topological polar surface area (TPSA) is 66.9 Å². The van der Waals surface area contributed by atoms with Crippen LogP contribution in [0.1, 0.15) is 32.9 Å². The fourth-order valence-electron chi connectivity index (χ4n) is 2.56. The smallest absolute Gasteiger partial charge is 0.270 e. The highest BCUT2D eigenvalue weighted by Gasteiger charge is 2.11. The van der Waals surface area contributed by atoms with E-state index in [1.54, 1.807) is 6.07 Å². The van der Waals surface area contributed by atoms with Gasteiger partial charge in [0.2, 0.25) is 5.95 Å². The van der Waals surface area contributed by atoms with Crippen LogP contribution < -0.4 is 10.6 Å². The van der Waals surface area contributed by atoms with Gasteiger partial charge in [-0.1, -0.05) is 59.6 Å². The van der Waals surface area contributed by atoms with Crippen molar-refractivity contribution in [3.05, 3.63) is 87.7 Å². The molecule has 0 aliphatic carbocycles. The summed E-state index contributed by atoms with van der Waals surface area (Å²) in [6.07, 6.45) is 0. The molecular weight excluding hydrogens is 360 g/mol. The second-order valence-electron chi connectivity index (χ2n) is 6.33. The number of carbonyl (C=O) groups is 1. The van der Waals surface area contributed by atoms with Gasteiger partial charge in [0.1, 0.15) is 5.69 Å². The maximum atomic E-state index is 12.5. The highest BCUT2D eigenvalue weighted by Crippen LogP contribution is 2.16. The largest absolute Gasteiger partial charge is 0.350 e. The minimum absolute atomic E-state index is 0.234. The van der Waals surface area contributed by atoms with Crippen molar-refractivity contribution >= 4 is 23.5 Å². The molecule has 138 valence electrons. The minimum atomic E-state index is -0.234. The Bertz CT molecular complexity index is 941. The fourth-order valence-corrected chi connectivity index (χ4v) is 2.76. The highest BCUT2D eigenvalue weighted by molar-refractivity contribution is 6.31. The van der Waals surface area contributed by atoms with E-state index >= 15 is 0 Å². The third kappa shape index (κ3) is 5.28. The molecule has 0 fully saturated rings. The standard InChI is InChI=1S/C21H21ClN4O/c1-14-7-9-16(10-8-14)12-23-20(27)19-11-15(2)25-21(26-19)24-13-17-5-3-4-6-18(17)22/h3-11H,12-13H2,1-2H3,(H,23,27)(H,24,25,26). The molecular formula is C21H21ClN4O. The molecule has 1 amide bonds. The van der Waals surface area contributed by atoms with Gasteiger partial charge in [-0.15, -0.1) is 0 Å². The van der Waals surface area contributed by atoms with Gasteiger partial charge in [0, 0.05) is 23.8 Å². The molecule has 0 spiro atoms. The third-order valence-electron chi connectivity index (χ3n) is 4.06. The number of hydrogen-bond donors (Lipinski definition) is 2. The van der Waals surface area contributed by atoms with E-state index in [1.807, 2.05) is 62.4 Å². The number of halogens is 1. The Balaban J connectivity index is 1.66.